The number of halogens is 1. The van der Waals surface area contributed by atoms with Crippen LogP contribution in [-0.4, -0.2) is 12.4 Å². The lowest BCUT2D eigenvalue weighted by Crippen LogP contribution is -2.09. The molecule has 3 nitrogen and oxygen atoms in total. The van der Waals surface area contributed by atoms with Crippen molar-refractivity contribution in [3.05, 3.63) is 28.8 Å². The number of carbonyl (C=O) groups is 1. The largest absolute Gasteiger partial charge is 0.486 e. The van der Waals surface area contributed by atoms with E-state index in [4.69, 9.17) is 21.6 Å². The average Bonchev–Trinajstić information content (AvgIpc) is 2.26. The average molecular weight is 224 g/mol. The van der Waals surface area contributed by atoms with E-state index in [-0.39, 0.29) is 12.4 Å². The van der Waals surface area contributed by atoms with Gasteiger partial charge in [0.05, 0.1) is 10.6 Å². The Morgan fingerprint density at radius 1 is 1.60 bits per heavy atom. The van der Waals surface area contributed by atoms with Gasteiger partial charge in [-0.1, -0.05) is 18.5 Å². The quantitative estimate of drug-likeness (QED) is 0.788. The van der Waals surface area contributed by atoms with E-state index in [9.17, 15) is 4.79 Å². The van der Waals surface area contributed by atoms with Gasteiger partial charge in [0.25, 0.3) is 0 Å². The Bertz CT molecular complexity index is 410. The number of hydrogen-bond donors (Lipinski definition) is 0. The molecule has 1 aromatic rings. The van der Waals surface area contributed by atoms with Crippen molar-refractivity contribution in [2.75, 3.05) is 6.61 Å². The van der Waals surface area contributed by atoms with Gasteiger partial charge in [-0.25, -0.2) is 0 Å². The van der Waals surface area contributed by atoms with Crippen LogP contribution in [0.4, 0.5) is 0 Å². The van der Waals surface area contributed by atoms with Crippen molar-refractivity contribution in [3.8, 4) is 11.8 Å². The Kier molecular flexibility index (Phi) is 4.14. The summed E-state index contributed by atoms with van der Waals surface area (Å²) in [4.78, 5) is 11.0. The molecule has 0 radical (unpaired) electrons. The summed E-state index contributed by atoms with van der Waals surface area (Å²) in [6.45, 7) is 1.82. The van der Waals surface area contributed by atoms with Gasteiger partial charge in [-0.15, -0.1) is 0 Å². The van der Waals surface area contributed by atoms with Crippen LogP contribution >= 0.6 is 11.6 Å². The maximum Gasteiger partial charge on any atom is 0.169 e. The zero-order valence-corrected chi connectivity index (χ0v) is 9.04. The second-order valence-electron chi connectivity index (χ2n) is 2.93. The van der Waals surface area contributed by atoms with Crippen LogP contribution in [0.5, 0.6) is 5.75 Å². The minimum absolute atomic E-state index is 0.0236. The molecule has 0 saturated heterocycles. The molecule has 0 bridgehead atoms. The molecular formula is C11H10ClNO2. The summed E-state index contributed by atoms with van der Waals surface area (Å²) in [7, 11) is 0. The van der Waals surface area contributed by atoms with E-state index in [0.717, 1.165) is 0 Å². The molecule has 0 heterocycles. The molecule has 0 aliphatic rings. The summed E-state index contributed by atoms with van der Waals surface area (Å²) < 4.78 is 5.20. The van der Waals surface area contributed by atoms with Gasteiger partial charge in [-0.3, -0.25) is 4.79 Å². The molecule has 0 amide bonds. The maximum absolute atomic E-state index is 11.0. The second kappa shape index (κ2) is 5.38. The highest BCUT2D eigenvalue weighted by molar-refractivity contribution is 6.31. The summed E-state index contributed by atoms with van der Waals surface area (Å²) in [6.07, 6.45) is 0.448. The molecule has 0 saturated carbocycles. The monoisotopic (exact) mass is 223 g/mol. The number of hydrogen-bond acceptors (Lipinski definition) is 3. The van der Waals surface area contributed by atoms with Crippen LogP contribution in [0.3, 0.4) is 0 Å². The second-order valence-corrected chi connectivity index (χ2v) is 3.34. The smallest absolute Gasteiger partial charge is 0.169 e. The molecule has 0 aromatic heterocycles. The Hall–Kier alpha value is -1.53. The van der Waals surface area contributed by atoms with E-state index >= 15 is 0 Å². The van der Waals surface area contributed by atoms with Crippen molar-refractivity contribution in [1.82, 2.24) is 0 Å². The van der Waals surface area contributed by atoms with Crippen molar-refractivity contribution < 1.29 is 9.53 Å². The molecule has 15 heavy (non-hydrogen) atoms. The van der Waals surface area contributed by atoms with Crippen molar-refractivity contribution in [2.24, 2.45) is 0 Å². The van der Waals surface area contributed by atoms with Gasteiger partial charge < -0.3 is 4.74 Å². The van der Waals surface area contributed by atoms with Crippen LogP contribution in [0.1, 0.15) is 18.9 Å². The molecule has 1 rings (SSSR count). The van der Waals surface area contributed by atoms with Crippen molar-refractivity contribution in [1.29, 1.82) is 5.26 Å². The summed E-state index contributed by atoms with van der Waals surface area (Å²) in [6, 6.07) is 6.66. The van der Waals surface area contributed by atoms with E-state index in [1.807, 2.05) is 6.07 Å². The van der Waals surface area contributed by atoms with Gasteiger partial charge in [-0.2, -0.15) is 5.26 Å². The van der Waals surface area contributed by atoms with E-state index in [0.29, 0.717) is 22.8 Å². The minimum Gasteiger partial charge on any atom is -0.486 e. The number of carbonyl (C=O) groups excluding carboxylic acids is 1. The molecule has 0 N–H and O–H groups in total. The summed E-state index contributed by atoms with van der Waals surface area (Å²) in [5.74, 6) is 0.524. The lowest BCUT2D eigenvalue weighted by atomic mass is 10.2. The molecule has 0 aliphatic heterocycles. The minimum atomic E-state index is 0.0236. The van der Waals surface area contributed by atoms with Crippen LogP contribution in [0, 0.1) is 11.3 Å². The summed E-state index contributed by atoms with van der Waals surface area (Å²) >= 11 is 5.79. The third kappa shape index (κ3) is 3.26. The third-order valence-electron chi connectivity index (χ3n) is 1.86. The third-order valence-corrected chi connectivity index (χ3v) is 2.17. The van der Waals surface area contributed by atoms with E-state index in [2.05, 4.69) is 0 Å². The predicted molar refractivity (Wildman–Crippen MR) is 57.0 cm³/mol. The van der Waals surface area contributed by atoms with Crippen LogP contribution in [0.25, 0.3) is 0 Å². The van der Waals surface area contributed by atoms with Gasteiger partial charge in [0, 0.05) is 12.5 Å². The van der Waals surface area contributed by atoms with E-state index in [1.165, 1.54) is 6.07 Å². The fraction of sp³-hybridized carbons (Fsp3) is 0.273. The van der Waals surface area contributed by atoms with Crippen LogP contribution in [0.2, 0.25) is 5.02 Å². The van der Waals surface area contributed by atoms with Crippen LogP contribution in [0.15, 0.2) is 18.2 Å². The Morgan fingerprint density at radius 3 is 2.87 bits per heavy atom. The first-order valence-electron chi connectivity index (χ1n) is 4.51. The number of nitriles is 1. The molecule has 0 spiro atoms. The zero-order chi connectivity index (χ0) is 11.3. The van der Waals surface area contributed by atoms with Crippen molar-refractivity contribution in [3.63, 3.8) is 0 Å². The molecule has 0 unspecified atom stereocenters. The number of benzene rings is 1. The summed E-state index contributed by atoms with van der Waals surface area (Å²) in [5, 5.41) is 8.97. The lowest BCUT2D eigenvalue weighted by Gasteiger charge is -2.05. The van der Waals surface area contributed by atoms with Crippen LogP contribution < -0.4 is 4.74 Å². The number of ketones is 1. The van der Waals surface area contributed by atoms with Crippen LogP contribution in [-0.2, 0) is 4.79 Å². The fourth-order valence-electron chi connectivity index (χ4n) is 0.942. The van der Waals surface area contributed by atoms with Gasteiger partial charge in [-0.05, 0) is 12.1 Å². The number of nitrogens with zero attached hydrogens (tertiary/aromatic N) is 1. The molecular weight excluding hydrogens is 214 g/mol. The Morgan fingerprint density at radius 2 is 2.33 bits per heavy atom. The normalized spacial score (nSPS) is 9.40. The number of Topliss-reactive ketones (excluding diaryl/α,β-unsaturated/α-hetero) is 1. The van der Waals surface area contributed by atoms with E-state index in [1.54, 1.807) is 19.1 Å². The first-order valence-corrected chi connectivity index (χ1v) is 4.89. The Labute approximate surface area is 93.2 Å². The standard InChI is InChI=1S/C11H10ClNO2/c1-2-9(14)7-15-10-4-3-8(6-13)11(12)5-10/h3-5H,2,7H2,1H3. The highest BCUT2D eigenvalue weighted by atomic mass is 35.5. The number of ether oxygens (including phenoxy) is 1. The van der Waals surface area contributed by atoms with Gasteiger partial charge in [0.15, 0.2) is 5.78 Å². The number of rotatable bonds is 4. The predicted octanol–water partition coefficient (Wildman–Crippen LogP) is 2.57. The van der Waals surface area contributed by atoms with Gasteiger partial charge in [0.1, 0.15) is 18.4 Å². The van der Waals surface area contributed by atoms with Gasteiger partial charge in [0.2, 0.25) is 0 Å². The lowest BCUT2D eigenvalue weighted by molar-refractivity contribution is -0.120. The summed E-state index contributed by atoms with van der Waals surface area (Å²) in [5.41, 5.74) is 0.394. The first kappa shape index (κ1) is 11.5. The topological polar surface area (TPSA) is 50.1 Å². The van der Waals surface area contributed by atoms with Gasteiger partial charge >= 0.3 is 0 Å². The Balaban J connectivity index is 2.68. The zero-order valence-electron chi connectivity index (χ0n) is 8.29. The molecule has 0 atom stereocenters. The SMILES string of the molecule is CCC(=O)COc1ccc(C#N)c(Cl)c1. The highest BCUT2D eigenvalue weighted by Gasteiger charge is 2.03. The molecule has 78 valence electrons. The molecule has 0 aliphatic carbocycles. The van der Waals surface area contributed by atoms with E-state index < -0.39 is 0 Å². The highest BCUT2D eigenvalue weighted by Crippen LogP contribution is 2.21. The fourth-order valence-corrected chi connectivity index (χ4v) is 1.15. The molecule has 1 aromatic carbocycles. The van der Waals surface area contributed by atoms with Crippen molar-refractivity contribution in [2.45, 2.75) is 13.3 Å². The maximum atomic E-state index is 11.0. The molecule has 4 heteroatoms. The molecule has 0 fully saturated rings. The van der Waals surface area contributed by atoms with Crippen molar-refractivity contribution >= 4 is 17.4 Å². The first-order chi connectivity index (χ1) is 7.17.